The van der Waals surface area contributed by atoms with Crippen molar-refractivity contribution in [1.82, 2.24) is 0 Å². The molecule has 0 N–H and O–H groups in total. The number of anilines is 5. The second-order valence-electron chi connectivity index (χ2n) is 10.3. The lowest BCUT2D eigenvalue weighted by atomic mass is 9.99. The zero-order valence-corrected chi connectivity index (χ0v) is 23.0. The van der Waals surface area contributed by atoms with Crippen LogP contribution in [0.15, 0.2) is 164 Å². The quantitative estimate of drug-likeness (QED) is 0.199. The highest BCUT2D eigenvalue weighted by molar-refractivity contribution is 6.09. The first-order valence-electron chi connectivity index (χ1n) is 14.0. The molecular weight excluding hydrogens is 496 g/mol. The first-order chi connectivity index (χ1) is 20.3. The molecule has 0 radical (unpaired) electrons. The van der Waals surface area contributed by atoms with Crippen molar-refractivity contribution >= 4 is 50.0 Å². The number of fused-ring (bicyclic) bond motifs is 3. The average molecular weight is 527 g/mol. The Morgan fingerprint density at radius 1 is 0.390 bits per heavy atom. The van der Waals surface area contributed by atoms with Crippen LogP contribution in [0.3, 0.4) is 0 Å². The van der Waals surface area contributed by atoms with Crippen LogP contribution in [0.2, 0.25) is 0 Å². The monoisotopic (exact) mass is 526 g/mol. The molecule has 0 unspecified atom stereocenters. The first-order valence-corrected chi connectivity index (χ1v) is 14.0. The molecule has 41 heavy (non-hydrogen) atoms. The Morgan fingerprint density at radius 3 is 1.56 bits per heavy atom. The maximum atomic E-state index is 2.36. The molecule has 0 aliphatic heterocycles. The van der Waals surface area contributed by atoms with Crippen molar-refractivity contribution in [3.05, 3.63) is 164 Å². The lowest BCUT2D eigenvalue weighted by Gasteiger charge is -2.28. The molecular formula is C39H30N2. The Hall–Kier alpha value is -5.34. The summed E-state index contributed by atoms with van der Waals surface area (Å²) < 4.78 is 0. The van der Waals surface area contributed by atoms with E-state index in [1.165, 1.54) is 44.0 Å². The molecule has 0 heterocycles. The van der Waals surface area contributed by atoms with Crippen LogP contribution in [0.1, 0.15) is 0 Å². The van der Waals surface area contributed by atoms with Crippen molar-refractivity contribution in [2.24, 2.45) is 0 Å². The molecule has 0 saturated carbocycles. The lowest BCUT2D eigenvalue weighted by Crippen LogP contribution is -2.11. The number of benzene rings is 7. The molecule has 7 rings (SSSR count). The summed E-state index contributed by atoms with van der Waals surface area (Å²) in [6.07, 6.45) is 0. The molecule has 7 aromatic carbocycles. The largest absolute Gasteiger partial charge is 0.345 e. The van der Waals surface area contributed by atoms with Crippen molar-refractivity contribution in [2.45, 2.75) is 0 Å². The van der Waals surface area contributed by atoms with Gasteiger partial charge in [-0.1, -0.05) is 109 Å². The van der Waals surface area contributed by atoms with Gasteiger partial charge in [-0.3, -0.25) is 0 Å². The molecule has 0 aliphatic rings. The molecule has 0 aliphatic carbocycles. The van der Waals surface area contributed by atoms with E-state index < -0.39 is 0 Å². The zero-order valence-electron chi connectivity index (χ0n) is 23.0. The van der Waals surface area contributed by atoms with E-state index in [1.54, 1.807) is 0 Å². The van der Waals surface area contributed by atoms with E-state index in [9.17, 15) is 0 Å². The molecule has 2 nitrogen and oxygen atoms in total. The number of hydrogen-bond donors (Lipinski definition) is 0. The van der Waals surface area contributed by atoms with Gasteiger partial charge >= 0.3 is 0 Å². The van der Waals surface area contributed by atoms with Crippen molar-refractivity contribution in [3.63, 3.8) is 0 Å². The van der Waals surface area contributed by atoms with Gasteiger partial charge in [0.25, 0.3) is 0 Å². The molecule has 7 aromatic rings. The van der Waals surface area contributed by atoms with Gasteiger partial charge in [-0.2, -0.15) is 0 Å². The number of nitrogens with zero attached hydrogens (tertiary/aromatic N) is 2. The third-order valence-electron chi connectivity index (χ3n) is 7.84. The Kier molecular flexibility index (Phi) is 6.42. The summed E-state index contributed by atoms with van der Waals surface area (Å²) >= 11 is 0. The van der Waals surface area contributed by atoms with Crippen LogP contribution in [0.5, 0.6) is 0 Å². The van der Waals surface area contributed by atoms with E-state index in [0.717, 1.165) is 17.1 Å². The second kappa shape index (κ2) is 10.7. The minimum Gasteiger partial charge on any atom is -0.345 e. The molecule has 2 heteroatoms. The van der Waals surface area contributed by atoms with Crippen LogP contribution >= 0.6 is 0 Å². The summed E-state index contributed by atoms with van der Waals surface area (Å²) in [7, 11) is 2.12. The van der Waals surface area contributed by atoms with E-state index in [4.69, 9.17) is 0 Å². The maximum Gasteiger partial charge on any atom is 0.0540 e. The van der Waals surface area contributed by atoms with Gasteiger partial charge in [-0.05, 0) is 81.7 Å². The van der Waals surface area contributed by atoms with E-state index in [-0.39, 0.29) is 0 Å². The van der Waals surface area contributed by atoms with Crippen LogP contribution in [0.4, 0.5) is 28.4 Å². The Bertz CT molecular complexity index is 1950. The molecule has 0 bridgehead atoms. The fourth-order valence-electron chi connectivity index (χ4n) is 5.73. The van der Waals surface area contributed by atoms with Crippen LogP contribution in [0.25, 0.3) is 32.7 Å². The van der Waals surface area contributed by atoms with E-state index in [2.05, 4.69) is 181 Å². The molecule has 0 saturated heterocycles. The summed E-state index contributed by atoms with van der Waals surface area (Å²) in [6.45, 7) is 0. The van der Waals surface area contributed by atoms with Crippen molar-refractivity contribution in [1.29, 1.82) is 0 Å². The van der Waals surface area contributed by atoms with Crippen molar-refractivity contribution in [2.75, 3.05) is 16.8 Å². The third-order valence-corrected chi connectivity index (χ3v) is 7.84. The number of hydrogen-bond acceptors (Lipinski definition) is 2. The smallest absolute Gasteiger partial charge is 0.0540 e. The van der Waals surface area contributed by atoms with Crippen molar-refractivity contribution < 1.29 is 0 Å². The molecule has 0 amide bonds. The Balaban J connectivity index is 1.34. The highest BCUT2D eigenvalue weighted by atomic mass is 15.1. The second-order valence-corrected chi connectivity index (χ2v) is 10.3. The van der Waals surface area contributed by atoms with Gasteiger partial charge in [0.1, 0.15) is 0 Å². The summed E-state index contributed by atoms with van der Waals surface area (Å²) in [5.41, 5.74) is 8.16. The van der Waals surface area contributed by atoms with Gasteiger partial charge in [-0.25, -0.2) is 0 Å². The van der Waals surface area contributed by atoms with E-state index >= 15 is 0 Å². The predicted molar refractivity (Wildman–Crippen MR) is 176 cm³/mol. The topological polar surface area (TPSA) is 6.48 Å². The fourth-order valence-corrected chi connectivity index (χ4v) is 5.73. The first kappa shape index (κ1) is 24.7. The highest BCUT2D eigenvalue weighted by Crippen LogP contribution is 2.42. The standard InChI is InChI=1S/C39H30N2/c1-40(32-15-7-3-8-16-32)34-23-25-36-30(27-34)21-22-31-28-35(24-26-37(31)36)41(33-17-9-4-10-18-33)39-20-12-11-19-38(39)29-13-5-2-6-14-29/h2-28H,1H3. The van der Waals surface area contributed by atoms with Gasteiger partial charge in [-0.15, -0.1) is 0 Å². The Labute approximate surface area is 241 Å². The highest BCUT2D eigenvalue weighted by Gasteiger charge is 2.17. The van der Waals surface area contributed by atoms with Gasteiger partial charge < -0.3 is 9.80 Å². The third kappa shape index (κ3) is 4.70. The lowest BCUT2D eigenvalue weighted by molar-refractivity contribution is 1.21. The van der Waals surface area contributed by atoms with Crippen molar-refractivity contribution in [3.8, 4) is 11.1 Å². The summed E-state index contributed by atoms with van der Waals surface area (Å²) in [5.74, 6) is 0. The molecule has 0 fully saturated rings. The average Bonchev–Trinajstić information content (AvgIpc) is 3.05. The Morgan fingerprint density at radius 2 is 0.902 bits per heavy atom. The van der Waals surface area contributed by atoms with E-state index in [0.29, 0.717) is 0 Å². The summed E-state index contributed by atoms with van der Waals surface area (Å²) in [6, 6.07) is 58.5. The van der Waals surface area contributed by atoms with Crippen LogP contribution in [-0.4, -0.2) is 7.05 Å². The van der Waals surface area contributed by atoms with Gasteiger partial charge in [0, 0.05) is 35.4 Å². The maximum absolute atomic E-state index is 2.36. The van der Waals surface area contributed by atoms with Crippen LogP contribution in [-0.2, 0) is 0 Å². The zero-order chi connectivity index (χ0) is 27.6. The SMILES string of the molecule is CN(c1ccccc1)c1ccc2c(ccc3cc(N(c4ccccc4)c4ccccc4-c4ccccc4)ccc32)c1. The van der Waals surface area contributed by atoms with Crippen LogP contribution in [0, 0.1) is 0 Å². The summed E-state index contributed by atoms with van der Waals surface area (Å²) in [5, 5.41) is 4.97. The summed E-state index contributed by atoms with van der Waals surface area (Å²) in [4.78, 5) is 4.60. The molecule has 0 atom stereocenters. The number of rotatable bonds is 6. The van der Waals surface area contributed by atoms with E-state index in [1.807, 2.05) is 0 Å². The fraction of sp³-hybridized carbons (Fsp3) is 0.0256. The van der Waals surface area contributed by atoms with Gasteiger partial charge in [0.2, 0.25) is 0 Å². The predicted octanol–water partition coefficient (Wildman–Crippen LogP) is 10.9. The molecule has 196 valence electrons. The normalized spacial score (nSPS) is 11.0. The minimum absolute atomic E-state index is 1.13. The molecule has 0 spiro atoms. The minimum atomic E-state index is 1.13. The number of para-hydroxylation sites is 3. The molecule has 0 aromatic heterocycles. The van der Waals surface area contributed by atoms with Gasteiger partial charge in [0.05, 0.1) is 5.69 Å². The van der Waals surface area contributed by atoms with Crippen LogP contribution < -0.4 is 9.80 Å². The van der Waals surface area contributed by atoms with Gasteiger partial charge in [0.15, 0.2) is 0 Å².